The first-order valence-corrected chi connectivity index (χ1v) is 10.00. The fourth-order valence-electron chi connectivity index (χ4n) is 3.32. The molecule has 0 saturated heterocycles. The number of benzene rings is 2. The van der Waals surface area contributed by atoms with Gasteiger partial charge in [-0.05, 0) is 36.9 Å². The summed E-state index contributed by atoms with van der Waals surface area (Å²) < 4.78 is 21.5. The van der Waals surface area contributed by atoms with Crippen molar-refractivity contribution in [3.05, 3.63) is 82.0 Å². The van der Waals surface area contributed by atoms with Gasteiger partial charge in [-0.2, -0.15) is 0 Å². The van der Waals surface area contributed by atoms with E-state index in [1.54, 1.807) is 31.2 Å². The molecule has 30 heavy (non-hydrogen) atoms. The van der Waals surface area contributed by atoms with Crippen LogP contribution in [0.15, 0.2) is 63.1 Å². The molecule has 2 aromatic carbocycles. The van der Waals surface area contributed by atoms with Crippen molar-refractivity contribution >= 4 is 34.7 Å². The zero-order valence-electron chi connectivity index (χ0n) is 16.3. The third kappa shape index (κ3) is 3.86. The van der Waals surface area contributed by atoms with Crippen LogP contribution in [0, 0.1) is 19.7 Å². The van der Waals surface area contributed by atoms with Crippen LogP contribution >= 0.6 is 11.8 Å². The van der Waals surface area contributed by atoms with E-state index in [9.17, 15) is 14.3 Å². The van der Waals surface area contributed by atoms with Gasteiger partial charge in [-0.1, -0.05) is 36.4 Å². The highest BCUT2D eigenvalue weighted by Gasteiger charge is 2.19. The second-order valence-electron chi connectivity index (χ2n) is 6.70. The summed E-state index contributed by atoms with van der Waals surface area (Å²) in [4.78, 5) is 11.9. The van der Waals surface area contributed by atoms with Crippen LogP contribution in [-0.4, -0.2) is 25.8 Å². The van der Waals surface area contributed by atoms with Gasteiger partial charge < -0.3 is 14.1 Å². The molecule has 8 heteroatoms. The minimum absolute atomic E-state index is 0.0514. The van der Waals surface area contributed by atoms with Gasteiger partial charge >= 0.3 is 5.97 Å². The van der Waals surface area contributed by atoms with E-state index in [0.717, 1.165) is 33.9 Å². The van der Waals surface area contributed by atoms with Gasteiger partial charge in [0.15, 0.2) is 0 Å². The van der Waals surface area contributed by atoms with Gasteiger partial charge in [-0.25, -0.2) is 9.18 Å². The Morgan fingerprint density at radius 2 is 1.90 bits per heavy atom. The van der Waals surface area contributed by atoms with Crippen LogP contribution in [0.3, 0.4) is 0 Å². The molecule has 0 fully saturated rings. The predicted molar refractivity (Wildman–Crippen MR) is 113 cm³/mol. The molecule has 0 aliphatic rings. The van der Waals surface area contributed by atoms with Crippen LogP contribution in [0.1, 0.15) is 22.7 Å². The lowest BCUT2D eigenvalue weighted by Crippen LogP contribution is -2.04. The SMILES string of the molecule is Cc1nnc(S/C(=C\c2c(C)n(Cc3ccccc3F)c3ccccc23)C(=O)O)o1. The average Bonchev–Trinajstić information content (AvgIpc) is 3.25. The van der Waals surface area contributed by atoms with Gasteiger partial charge in [-0.15, -0.1) is 10.2 Å². The average molecular weight is 423 g/mol. The molecule has 0 saturated carbocycles. The summed E-state index contributed by atoms with van der Waals surface area (Å²) in [6, 6.07) is 14.3. The van der Waals surface area contributed by atoms with Gasteiger partial charge in [-0.3, -0.25) is 0 Å². The Morgan fingerprint density at radius 1 is 1.17 bits per heavy atom. The van der Waals surface area contributed by atoms with Crippen LogP contribution in [-0.2, 0) is 11.3 Å². The van der Waals surface area contributed by atoms with E-state index < -0.39 is 5.97 Å². The number of aromatic nitrogens is 3. The molecule has 0 aliphatic heterocycles. The standard InChI is InChI=1S/C22H18FN3O3S/c1-13-17(11-20(21(27)28)30-22-25-24-14(2)29-22)16-8-4-6-10-19(16)26(13)12-15-7-3-5-9-18(15)23/h3-11H,12H2,1-2H3,(H,27,28)/b20-11-. The molecule has 0 aliphatic carbocycles. The number of thioether (sulfide) groups is 1. The summed E-state index contributed by atoms with van der Waals surface area (Å²) in [6.45, 7) is 3.88. The number of hydrogen-bond acceptors (Lipinski definition) is 5. The summed E-state index contributed by atoms with van der Waals surface area (Å²) >= 11 is 0.897. The fourth-order valence-corrected chi connectivity index (χ4v) is 4.02. The first-order valence-electron chi connectivity index (χ1n) is 9.18. The first kappa shape index (κ1) is 19.9. The third-order valence-corrected chi connectivity index (χ3v) is 5.61. The van der Waals surface area contributed by atoms with Crippen LogP contribution in [0.25, 0.3) is 17.0 Å². The lowest BCUT2D eigenvalue weighted by atomic mass is 10.1. The molecular weight excluding hydrogens is 405 g/mol. The number of rotatable bonds is 6. The van der Waals surface area contributed by atoms with E-state index in [2.05, 4.69) is 10.2 Å². The topological polar surface area (TPSA) is 81.2 Å². The predicted octanol–water partition coefficient (Wildman–Crippen LogP) is 5.05. The second-order valence-corrected chi connectivity index (χ2v) is 7.69. The maximum absolute atomic E-state index is 14.2. The number of para-hydroxylation sites is 1. The number of carboxylic acid groups (broad SMARTS) is 1. The summed E-state index contributed by atoms with van der Waals surface area (Å²) in [5.41, 5.74) is 3.04. The number of aryl methyl sites for hydroxylation is 1. The molecular formula is C22H18FN3O3S. The number of nitrogens with zero attached hydrogens (tertiary/aromatic N) is 3. The molecule has 4 rings (SSSR count). The van der Waals surface area contributed by atoms with Crippen molar-refractivity contribution in [2.24, 2.45) is 0 Å². The largest absolute Gasteiger partial charge is 0.477 e. The molecule has 0 unspecified atom stereocenters. The Balaban J connectivity index is 1.82. The maximum atomic E-state index is 14.2. The lowest BCUT2D eigenvalue weighted by Gasteiger charge is -2.09. The molecule has 2 heterocycles. The summed E-state index contributed by atoms with van der Waals surface area (Å²) in [6.07, 6.45) is 1.60. The maximum Gasteiger partial charge on any atom is 0.342 e. The van der Waals surface area contributed by atoms with Gasteiger partial charge in [0.25, 0.3) is 5.22 Å². The van der Waals surface area contributed by atoms with E-state index in [4.69, 9.17) is 4.42 Å². The van der Waals surface area contributed by atoms with Crippen LogP contribution in [0.5, 0.6) is 0 Å². The van der Waals surface area contributed by atoms with Crippen molar-refractivity contribution < 1.29 is 18.7 Å². The Morgan fingerprint density at radius 3 is 2.60 bits per heavy atom. The molecule has 0 bridgehead atoms. The second kappa shape index (κ2) is 8.16. The van der Waals surface area contributed by atoms with Crippen molar-refractivity contribution in [2.45, 2.75) is 25.6 Å². The summed E-state index contributed by atoms with van der Waals surface area (Å²) in [5.74, 6) is -1.01. The van der Waals surface area contributed by atoms with Crippen molar-refractivity contribution in [1.29, 1.82) is 0 Å². The van der Waals surface area contributed by atoms with Crippen LogP contribution in [0.4, 0.5) is 4.39 Å². The van der Waals surface area contributed by atoms with E-state index in [-0.39, 0.29) is 15.9 Å². The lowest BCUT2D eigenvalue weighted by molar-refractivity contribution is -0.131. The van der Waals surface area contributed by atoms with Gasteiger partial charge in [0.05, 0.1) is 6.54 Å². The minimum atomic E-state index is -1.10. The number of hydrogen-bond donors (Lipinski definition) is 1. The van der Waals surface area contributed by atoms with E-state index >= 15 is 0 Å². The van der Waals surface area contributed by atoms with Crippen molar-refractivity contribution in [1.82, 2.24) is 14.8 Å². The van der Waals surface area contributed by atoms with E-state index in [1.165, 1.54) is 6.07 Å². The quantitative estimate of drug-likeness (QED) is 0.345. The number of fused-ring (bicyclic) bond motifs is 1. The smallest absolute Gasteiger partial charge is 0.342 e. The molecule has 6 nitrogen and oxygen atoms in total. The summed E-state index contributed by atoms with van der Waals surface area (Å²) in [5, 5.41) is 18.3. The van der Waals surface area contributed by atoms with Gasteiger partial charge in [0.2, 0.25) is 5.89 Å². The zero-order chi connectivity index (χ0) is 21.3. The number of carbonyl (C=O) groups is 1. The minimum Gasteiger partial charge on any atom is -0.477 e. The van der Waals surface area contributed by atoms with Crippen molar-refractivity contribution in [3.63, 3.8) is 0 Å². The fraction of sp³-hybridized carbons (Fsp3) is 0.136. The monoisotopic (exact) mass is 423 g/mol. The highest BCUT2D eigenvalue weighted by Crippen LogP contribution is 2.33. The molecule has 0 radical (unpaired) electrons. The Bertz CT molecular complexity index is 1280. The Kier molecular flexibility index (Phi) is 5.41. The molecule has 1 N–H and O–H groups in total. The Hall–Kier alpha value is -3.39. The summed E-state index contributed by atoms with van der Waals surface area (Å²) in [7, 11) is 0. The van der Waals surface area contributed by atoms with Crippen LogP contribution in [0.2, 0.25) is 0 Å². The normalized spacial score (nSPS) is 11.9. The van der Waals surface area contributed by atoms with Crippen molar-refractivity contribution in [2.75, 3.05) is 0 Å². The van der Waals surface area contributed by atoms with E-state index in [0.29, 0.717) is 18.0 Å². The highest BCUT2D eigenvalue weighted by molar-refractivity contribution is 8.03. The van der Waals surface area contributed by atoms with Crippen LogP contribution < -0.4 is 0 Å². The molecule has 2 aromatic heterocycles. The van der Waals surface area contributed by atoms with Crippen molar-refractivity contribution in [3.8, 4) is 0 Å². The molecule has 152 valence electrons. The zero-order valence-corrected chi connectivity index (χ0v) is 17.1. The number of carboxylic acids is 1. The molecule has 0 spiro atoms. The van der Waals surface area contributed by atoms with Gasteiger partial charge in [0.1, 0.15) is 10.7 Å². The number of halogens is 1. The Labute approximate surface area is 176 Å². The number of aliphatic carboxylic acids is 1. The first-order chi connectivity index (χ1) is 14.4. The molecule has 0 amide bonds. The molecule has 0 atom stereocenters. The van der Waals surface area contributed by atoms with Gasteiger partial charge in [0, 0.05) is 34.6 Å². The molecule has 4 aromatic rings. The third-order valence-electron chi connectivity index (χ3n) is 4.76. The van der Waals surface area contributed by atoms with E-state index in [1.807, 2.05) is 35.8 Å². The highest BCUT2D eigenvalue weighted by atomic mass is 32.2.